The number of carbonyl (C=O) groups excluding carboxylic acids is 2. The van der Waals surface area contributed by atoms with Crippen molar-refractivity contribution in [1.29, 1.82) is 0 Å². The van der Waals surface area contributed by atoms with Gasteiger partial charge in [-0.2, -0.15) is 0 Å². The lowest BCUT2D eigenvalue weighted by Gasteiger charge is -2.04. The van der Waals surface area contributed by atoms with Gasteiger partial charge in [0.15, 0.2) is 0 Å². The maximum atomic E-state index is 11.3. The number of allylic oxidation sites excluding steroid dienone is 2. The van der Waals surface area contributed by atoms with Gasteiger partial charge in [-0.3, -0.25) is 9.59 Å². The SMILES string of the molecule is C=CC.C=CC.CCOC(=O)CCC(=O)OCc1ccccc1.OCCO. The van der Waals surface area contributed by atoms with E-state index in [1.54, 1.807) is 19.1 Å². The molecule has 6 nitrogen and oxygen atoms in total. The molecular weight excluding hydrogens is 348 g/mol. The van der Waals surface area contributed by atoms with E-state index in [4.69, 9.17) is 19.7 Å². The van der Waals surface area contributed by atoms with E-state index in [1.807, 2.05) is 44.2 Å². The Hall–Kier alpha value is -2.44. The zero-order valence-electron chi connectivity index (χ0n) is 16.7. The van der Waals surface area contributed by atoms with Crippen molar-refractivity contribution in [3.63, 3.8) is 0 Å². The lowest BCUT2D eigenvalue weighted by atomic mass is 10.2. The van der Waals surface area contributed by atoms with Gasteiger partial charge in [-0.25, -0.2) is 0 Å². The molecule has 0 heterocycles. The molecule has 0 aromatic heterocycles. The Morgan fingerprint density at radius 3 is 1.70 bits per heavy atom. The molecule has 0 aliphatic carbocycles. The minimum atomic E-state index is -0.387. The van der Waals surface area contributed by atoms with Crippen molar-refractivity contribution in [2.24, 2.45) is 0 Å². The van der Waals surface area contributed by atoms with E-state index in [0.717, 1.165) is 5.56 Å². The molecule has 0 atom stereocenters. The van der Waals surface area contributed by atoms with Crippen LogP contribution in [0, 0.1) is 0 Å². The Balaban J connectivity index is -0.000000479. The summed E-state index contributed by atoms with van der Waals surface area (Å²) in [6.07, 6.45) is 3.63. The largest absolute Gasteiger partial charge is 0.466 e. The number of hydrogen-bond donors (Lipinski definition) is 2. The molecule has 0 aliphatic heterocycles. The van der Waals surface area contributed by atoms with Crippen LogP contribution in [0.15, 0.2) is 55.6 Å². The number of ether oxygens (including phenoxy) is 2. The zero-order chi connectivity index (χ0) is 21.3. The second kappa shape index (κ2) is 25.8. The molecule has 0 amide bonds. The fourth-order valence-electron chi connectivity index (χ4n) is 1.25. The molecule has 6 heteroatoms. The molecule has 0 aliphatic rings. The third-order valence-corrected chi connectivity index (χ3v) is 2.18. The molecule has 0 saturated carbocycles. The number of aliphatic hydroxyl groups excluding tert-OH is 2. The fourth-order valence-corrected chi connectivity index (χ4v) is 1.25. The summed E-state index contributed by atoms with van der Waals surface area (Å²) in [6, 6.07) is 9.40. The molecule has 0 bridgehead atoms. The third kappa shape index (κ3) is 28.6. The first-order valence-corrected chi connectivity index (χ1v) is 8.68. The average Bonchev–Trinajstić information content (AvgIpc) is 2.67. The second-order valence-electron chi connectivity index (χ2n) is 4.72. The van der Waals surface area contributed by atoms with Gasteiger partial charge in [0.25, 0.3) is 0 Å². The molecule has 27 heavy (non-hydrogen) atoms. The predicted octanol–water partition coefficient (Wildman–Crippen LogP) is 3.43. The summed E-state index contributed by atoms with van der Waals surface area (Å²) in [7, 11) is 0. The average molecular weight is 382 g/mol. The third-order valence-electron chi connectivity index (χ3n) is 2.18. The molecule has 0 fully saturated rings. The maximum Gasteiger partial charge on any atom is 0.306 e. The Morgan fingerprint density at radius 1 is 0.926 bits per heavy atom. The van der Waals surface area contributed by atoms with Crippen LogP contribution in [0.2, 0.25) is 0 Å². The topological polar surface area (TPSA) is 93.1 Å². The lowest BCUT2D eigenvalue weighted by Crippen LogP contribution is -2.10. The van der Waals surface area contributed by atoms with Gasteiger partial charge < -0.3 is 19.7 Å². The van der Waals surface area contributed by atoms with E-state index in [2.05, 4.69) is 13.2 Å². The van der Waals surface area contributed by atoms with E-state index in [0.29, 0.717) is 6.61 Å². The van der Waals surface area contributed by atoms with Crippen LogP contribution in [0.4, 0.5) is 0 Å². The standard InChI is InChI=1S/C13H16O4.2C3H6.C2H6O2/c1-2-16-12(14)8-9-13(15)17-10-11-6-4-3-5-7-11;2*1-3-2;3-1-2-4/h3-7H,2,8-10H2,1H3;2*3H,1H2,2H3;3-4H,1-2H2. The van der Waals surface area contributed by atoms with Gasteiger partial charge in [0.2, 0.25) is 0 Å². The van der Waals surface area contributed by atoms with E-state index < -0.39 is 0 Å². The second-order valence-corrected chi connectivity index (χ2v) is 4.72. The highest BCUT2D eigenvalue weighted by molar-refractivity contribution is 5.77. The number of rotatable bonds is 7. The van der Waals surface area contributed by atoms with Gasteiger partial charge in [0, 0.05) is 0 Å². The van der Waals surface area contributed by atoms with E-state index in [9.17, 15) is 9.59 Å². The van der Waals surface area contributed by atoms with Crippen molar-refractivity contribution in [2.45, 2.75) is 40.2 Å². The van der Waals surface area contributed by atoms with Crippen molar-refractivity contribution in [3.05, 3.63) is 61.2 Å². The smallest absolute Gasteiger partial charge is 0.306 e. The molecular formula is C21H34O6. The Bertz CT molecular complexity index is 463. The summed E-state index contributed by atoms with van der Waals surface area (Å²) in [4.78, 5) is 22.3. The van der Waals surface area contributed by atoms with Crippen molar-refractivity contribution in [2.75, 3.05) is 19.8 Å². The van der Waals surface area contributed by atoms with Gasteiger partial charge in [-0.05, 0) is 26.3 Å². The molecule has 2 N–H and O–H groups in total. The van der Waals surface area contributed by atoms with Gasteiger partial charge in [-0.15, -0.1) is 13.2 Å². The lowest BCUT2D eigenvalue weighted by molar-refractivity contribution is -0.150. The molecule has 0 spiro atoms. The van der Waals surface area contributed by atoms with Crippen LogP contribution in [-0.4, -0.2) is 42.0 Å². The van der Waals surface area contributed by atoms with Gasteiger partial charge in [-0.1, -0.05) is 42.5 Å². The zero-order valence-corrected chi connectivity index (χ0v) is 16.7. The Kier molecular flexibility index (Phi) is 28.0. The first-order valence-electron chi connectivity index (χ1n) is 8.68. The molecule has 154 valence electrons. The first kappa shape index (κ1) is 29.3. The van der Waals surface area contributed by atoms with Crippen molar-refractivity contribution in [1.82, 2.24) is 0 Å². The molecule has 0 unspecified atom stereocenters. The van der Waals surface area contributed by atoms with E-state index in [1.165, 1.54) is 0 Å². The maximum absolute atomic E-state index is 11.3. The summed E-state index contributed by atoms with van der Waals surface area (Å²) in [6.45, 7) is 12.5. The van der Waals surface area contributed by atoms with E-state index in [-0.39, 0.29) is 44.6 Å². The van der Waals surface area contributed by atoms with Crippen molar-refractivity contribution >= 4 is 11.9 Å². The number of esters is 2. The first-order chi connectivity index (χ1) is 13.0. The summed E-state index contributed by atoms with van der Waals surface area (Å²) in [5.74, 6) is -0.758. The Labute approximate surface area is 163 Å². The molecule has 0 radical (unpaired) electrons. The molecule has 1 aromatic carbocycles. The van der Waals surface area contributed by atoms with Crippen LogP contribution in [0.25, 0.3) is 0 Å². The minimum Gasteiger partial charge on any atom is -0.466 e. The summed E-state index contributed by atoms with van der Waals surface area (Å²) in [5, 5.41) is 15.2. The molecule has 0 saturated heterocycles. The number of aliphatic hydroxyl groups is 2. The van der Waals surface area contributed by atoms with Crippen LogP contribution in [0.3, 0.4) is 0 Å². The fraction of sp³-hybridized carbons (Fsp3) is 0.429. The van der Waals surface area contributed by atoms with Gasteiger partial charge in [0.05, 0.1) is 32.7 Å². The van der Waals surface area contributed by atoms with Crippen LogP contribution in [0.1, 0.15) is 39.2 Å². The molecule has 1 aromatic rings. The van der Waals surface area contributed by atoms with E-state index >= 15 is 0 Å². The normalized spacial score (nSPS) is 8.19. The minimum absolute atomic E-state index is 0.0612. The van der Waals surface area contributed by atoms with Crippen molar-refractivity contribution in [3.8, 4) is 0 Å². The summed E-state index contributed by atoms with van der Waals surface area (Å²) in [5.41, 5.74) is 0.928. The number of benzene rings is 1. The van der Waals surface area contributed by atoms with Crippen LogP contribution >= 0.6 is 0 Å². The van der Waals surface area contributed by atoms with Crippen molar-refractivity contribution < 1.29 is 29.3 Å². The van der Waals surface area contributed by atoms with Crippen LogP contribution in [-0.2, 0) is 25.7 Å². The Morgan fingerprint density at radius 2 is 1.33 bits per heavy atom. The van der Waals surface area contributed by atoms with Gasteiger partial charge >= 0.3 is 11.9 Å². The highest BCUT2D eigenvalue weighted by atomic mass is 16.5. The quantitative estimate of drug-likeness (QED) is 0.554. The highest BCUT2D eigenvalue weighted by Crippen LogP contribution is 2.03. The predicted molar refractivity (Wildman–Crippen MR) is 108 cm³/mol. The number of hydrogen-bond acceptors (Lipinski definition) is 6. The summed E-state index contributed by atoms with van der Waals surface area (Å²) >= 11 is 0. The van der Waals surface area contributed by atoms with Gasteiger partial charge in [0.1, 0.15) is 6.61 Å². The summed E-state index contributed by atoms with van der Waals surface area (Å²) < 4.78 is 9.72. The monoisotopic (exact) mass is 382 g/mol. The van der Waals surface area contributed by atoms with Crippen LogP contribution in [0.5, 0.6) is 0 Å². The number of carbonyl (C=O) groups is 2. The van der Waals surface area contributed by atoms with Crippen LogP contribution < -0.4 is 0 Å². The molecule has 1 rings (SSSR count). The highest BCUT2D eigenvalue weighted by Gasteiger charge is 2.08.